The maximum atomic E-state index is 11.7. The van der Waals surface area contributed by atoms with E-state index in [9.17, 15) is 4.79 Å². The predicted octanol–water partition coefficient (Wildman–Crippen LogP) is 1.82. The molecule has 0 bridgehead atoms. The van der Waals surface area contributed by atoms with Crippen LogP contribution >= 0.6 is 15.9 Å². The van der Waals surface area contributed by atoms with Crippen LogP contribution in [0, 0.1) is 0 Å². The van der Waals surface area contributed by atoms with Crippen molar-refractivity contribution in [1.29, 1.82) is 0 Å². The maximum Gasteiger partial charge on any atom is 0.237 e. The average Bonchev–Trinajstić information content (AvgIpc) is 2.81. The number of benzene rings is 1. The molecule has 0 saturated carbocycles. The zero-order valence-electron chi connectivity index (χ0n) is 9.00. The fraction of sp³-hybridized carbons (Fsp3) is 0.417. The van der Waals surface area contributed by atoms with Gasteiger partial charge in [0.05, 0.1) is 6.04 Å². The van der Waals surface area contributed by atoms with Crippen LogP contribution in [0.4, 0.5) is 0 Å². The van der Waals surface area contributed by atoms with Crippen molar-refractivity contribution in [1.82, 2.24) is 10.6 Å². The molecule has 0 aromatic heterocycles. The van der Waals surface area contributed by atoms with Crippen molar-refractivity contribution in [3.63, 3.8) is 0 Å². The lowest BCUT2D eigenvalue weighted by molar-refractivity contribution is -0.122. The summed E-state index contributed by atoms with van der Waals surface area (Å²) < 4.78 is 1.06. The van der Waals surface area contributed by atoms with Crippen molar-refractivity contribution in [3.05, 3.63) is 34.3 Å². The third-order valence-electron chi connectivity index (χ3n) is 2.76. The lowest BCUT2D eigenvalue weighted by Gasteiger charge is -2.10. The number of carbonyl (C=O) groups excluding carboxylic acids is 1. The van der Waals surface area contributed by atoms with Gasteiger partial charge in [-0.15, -0.1) is 0 Å². The Labute approximate surface area is 104 Å². The van der Waals surface area contributed by atoms with E-state index in [1.54, 1.807) is 0 Å². The second kappa shape index (κ2) is 5.46. The number of rotatable bonds is 3. The summed E-state index contributed by atoms with van der Waals surface area (Å²) in [6, 6.07) is 7.99. The highest BCUT2D eigenvalue weighted by atomic mass is 79.9. The predicted molar refractivity (Wildman–Crippen MR) is 67.0 cm³/mol. The van der Waals surface area contributed by atoms with Gasteiger partial charge in [0.15, 0.2) is 0 Å². The van der Waals surface area contributed by atoms with E-state index in [1.165, 1.54) is 0 Å². The molecule has 1 aliphatic rings. The van der Waals surface area contributed by atoms with Gasteiger partial charge >= 0.3 is 0 Å². The molecule has 0 radical (unpaired) electrons. The summed E-state index contributed by atoms with van der Waals surface area (Å²) in [5.41, 5.74) is 1.12. The Bertz CT molecular complexity index is 358. The van der Waals surface area contributed by atoms with Crippen LogP contribution in [-0.4, -0.2) is 18.5 Å². The van der Waals surface area contributed by atoms with Gasteiger partial charge in [-0.1, -0.05) is 28.1 Å². The van der Waals surface area contributed by atoms with Gasteiger partial charge in [-0.2, -0.15) is 0 Å². The normalized spacial score (nSPS) is 19.7. The van der Waals surface area contributed by atoms with Crippen LogP contribution in [0.2, 0.25) is 0 Å². The highest BCUT2D eigenvalue weighted by molar-refractivity contribution is 9.10. The van der Waals surface area contributed by atoms with Crippen molar-refractivity contribution >= 4 is 21.8 Å². The lowest BCUT2D eigenvalue weighted by atomic mass is 10.2. The second-order valence-corrected chi connectivity index (χ2v) is 4.91. The van der Waals surface area contributed by atoms with Gasteiger partial charge in [0.2, 0.25) is 5.91 Å². The number of hydrogen-bond acceptors (Lipinski definition) is 2. The van der Waals surface area contributed by atoms with Gasteiger partial charge in [0, 0.05) is 11.0 Å². The lowest BCUT2D eigenvalue weighted by Crippen LogP contribution is -2.39. The molecule has 0 aliphatic carbocycles. The Morgan fingerprint density at radius 1 is 1.44 bits per heavy atom. The van der Waals surface area contributed by atoms with E-state index >= 15 is 0 Å². The number of carbonyl (C=O) groups is 1. The van der Waals surface area contributed by atoms with E-state index in [1.807, 2.05) is 24.3 Å². The van der Waals surface area contributed by atoms with E-state index in [0.29, 0.717) is 6.54 Å². The monoisotopic (exact) mass is 282 g/mol. The Hall–Kier alpha value is -0.870. The van der Waals surface area contributed by atoms with Gasteiger partial charge in [0.1, 0.15) is 0 Å². The molecule has 86 valence electrons. The molecule has 3 nitrogen and oxygen atoms in total. The van der Waals surface area contributed by atoms with Crippen molar-refractivity contribution in [2.24, 2.45) is 0 Å². The molecule has 4 heteroatoms. The molecule has 1 aromatic rings. The average molecular weight is 283 g/mol. The molecule has 16 heavy (non-hydrogen) atoms. The molecule has 1 aliphatic heterocycles. The van der Waals surface area contributed by atoms with E-state index in [4.69, 9.17) is 0 Å². The minimum Gasteiger partial charge on any atom is -0.351 e. The quantitative estimate of drug-likeness (QED) is 0.888. The zero-order chi connectivity index (χ0) is 11.4. The fourth-order valence-corrected chi connectivity index (χ4v) is 2.09. The standard InChI is InChI=1S/C12H15BrN2O/c13-10-5-3-9(4-6-10)8-15-12(16)11-2-1-7-14-11/h3-6,11,14H,1-2,7-8H2,(H,15,16). The fourth-order valence-electron chi connectivity index (χ4n) is 1.82. The van der Waals surface area contributed by atoms with Crippen molar-refractivity contribution in [2.75, 3.05) is 6.54 Å². The van der Waals surface area contributed by atoms with Crippen molar-refractivity contribution in [2.45, 2.75) is 25.4 Å². The van der Waals surface area contributed by atoms with E-state index < -0.39 is 0 Å². The zero-order valence-corrected chi connectivity index (χ0v) is 10.6. The molecule has 1 heterocycles. The summed E-state index contributed by atoms with van der Waals surface area (Å²) in [6.45, 7) is 1.56. The molecule has 1 unspecified atom stereocenters. The second-order valence-electron chi connectivity index (χ2n) is 3.99. The molecule has 0 spiro atoms. The van der Waals surface area contributed by atoms with E-state index in [-0.39, 0.29) is 11.9 Å². The first-order chi connectivity index (χ1) is 7.75. The van der Waals surface area contributed by atoms with E-state index in [2.05, 4.69) is 26.6 Å². The Morgan fingerprint density at radius 3 is 2.81 bits per heavy atom. The van der Waals surface area contributed by atoms with Gasteiger partial charge in [-0.05, 0) is 37.1 Å². The van der Waals surface area contributed by atoms with E-state index in [0.717, 1.165) is 29.4 Å². The SMILES string of the molecule is O=C(NCc1ccc(Br)cc1)C1CCCN1. The van der Waals surface area contributed by atoms with Crippen LogP contribution in [0.1, 0.15) is 18.4 Å². The van der Waals surface area contributed by atoms with Gasteiger partial charge in [0.25, 0.3) is 0 Å². The van der Waals surface area contributed by atoms with Gasteiger partial charge < -0.3 is 10.6 Å². The van der Waals surface area contributed by atoms with Crippen molar-refractivity contribution < 1.29 is 4.79 Å². The van der Waals surface area contributed by atoms with Crippen molar-refractivity contribution in [3.8, 4) is 0 Å². The molecule has 2 N–H and O–H groups in total. The molecule has 1 saturated heterocycles. The summed E-state index contributed by atoms with van der Waals surface area (Å²) in [7, 11) is 0. The van der Waals surface area contributed by atoms with Crippen LogP contribution in [0.5, 0.6) is 0 Å². The third-order valence-corrected chi connectivity index (χ3v) is 3.29. The number of nitrogens with one attached hydrogen (secondary N) is 2. The Kier molecular flexibility index (Phi) is 3.96. The van der Waals surface area contributed by atoms with Crippen LogP contribution in [0.3, 0.4) is 0 Å². The summed E-state index contributed by atoms with van der Waals surface area (Å²) >= 11 is 3.38. The molecular weight excluding hydrogens is 268 g/mol. The summed E-state index contributed by atoms with van der Waals surface area (Å²) in [5, 5.41) is 6.13. The molecule has 2 rings (SSSR count). The highest BCUT2D eigenvalue weighted by Crippen LogP contribution is 2.10. The highest BCUT2D eigenvalue weighted by Gasteiger charge is 2.21. The first-order valence-electron chi connectivity index (χ1n) is 5.51. The summed E-state index contributed by atoms with van der Waals surface area (Å²) in [5.74, 6) is 0.111. The Morgan fingerprint density at radius 2 is 2.19 bits per heavy atom. The van der Waals surface area contributed by atoms with Crippen LogP contribution in [-0.2, 0) is 11.3 Å². The van der Waals surface area contributed by atoms with Crippen LogP contribution in [0.15, 0.2) is 28.7 Å². The summed E-state index contributed by atoms with van der Waals surface area (Å²) in [6.07, 6.45) is 2.04. The Balaban J connectivity index is 1.82. The first-order valence-corrected chi connectivity index (χ1v) is 6.30. The van der Waals surface area contributed by atoms with Gasteiger partial charge in [-0.3, -0.25) is 4.79 Å². The molecular formula is C12H15BrN2O. The number of hydrogen-bond donors (Lipinski definition) is 2. The topological polar surface area (TPSA) is 41.1 Å². The summed E-state index contributed by atoms with van der Waals surface area (Å²) in [4.78, 5) is 11.7. The number of halogens is 1. The molecule has 1 fully saturated rings. The van der Waals surface area contributed by atoms with Gasteiger partial charge in [-0.25, -0.2) is 0 Å². The number of amides is 1. The maximum absolute atomic E-state index is 11.7. The van der Waals surface area contributed by atoms with Crippen LogP contribution in [0.25, 0.3) is 0 Å². The first kappa shape index (κ1) is 11.6. The third kappa shape index (κ3) is 3.06. The smallest absolute Gasteiger partial charge is 0.237 e. The minimum atomic E-state index is 0.00967. The molecule has 1 atom stereocenters. The molecule has 1 aromatic carbocycles. The minimum absolute atomic E-state index is 0.00967. The largest absolute Gasteiger partial charge is 0.351 e. The van der Waals surface area contributed by atoms with Crippen LogP contribution < -0.4 is 10.6 Å². The molecule has 1 amide bonds.